The van der Waals surface area contributed by atoms with Crippen molar-refractivity contribution in [1.82, 2.24) is 4.98 Å². The molecule has 0 saturated carbocycles. The Morgan fingerprint density at radius 1 is 1.58 bits per heavy atom. The van der Waals surface area contributed by atoms with Crippen LogP contribution in [0.2, 0.25) is 5.02 Å². The molecule has 0 aliphatic carbocycles. The molecule has 0 aromatic carbocycles. The van der Waals surface area contributed by atoms with Crippen molar-refractivity contribution in [2.24, 2.45) is 0 Å². The predicted octanol–water partition coefficient (Wildman–Crippen LogP) is 0.781. The van der Waals surface area contributed by atoms with Gasteiger partial charge in [-0.05, 0) is 0 Å². The number of hydrogen-bond acceptors (Lipinski definition) is 4. The van der Waals surface area contributed by atoms with Crippen LogP contribution < -0.4 is 3.79 Å². The molecule has 1 rings (SSSR count). The van der Waals surface area contributed by atoms with E-state index >= 15 is 0 Å². The first-order chi connectivity index (χ1) is 5.49. The number of halogens is 1. The molecule has 12 heavy (non-hydrogen) atoms. The summed E-state index contributed by atoms with van der Waals surface area (Å²) in [7, 11) is 0. The third kappa shape index (κ3) is 2.76. The van der Waals surface area contributed by atoms with E-state index < -0.39 is 13.6 Å². The molecule has 0 amide bonds. The Morgan fingerprint density at radius 2 is 2.25 bits per heavy atom. The Balaban J connectivity index is 2.98. The van der Waals surface area contributed by atoms with Gasteiger partial charge in [0.25, 0.3) is 0 Å². The van der Waals surface area contributed by atoms with Gasteiger partial charge in [-0.1, -0.05) is 0 Å². The fourth-order valence-electron chi connectivity index (χ4n) is 0.532. The van der Waals surface area contributed by atoms with Crippen LogP contribution >= 0.6 is 11.6 Å². The van der Waals surface area contributed by atoms with E-state index in [9.17, 15) is 7.61 Å². The van der Waals surface area contributed by atoms with E-state index in [1.165, 1.54) is 18.3 Å². The van der Waals surface area contributed by atoms with Crippen molar-refractivity contribution in [3.05, 3.63) is 23.4 Å². The molecule has 0 bridgehead atoms. The van der Waals surface area contributed by atoms with Gasteiger partial charge in [0.15, 0.2) is 0 Å². The van der Waals surface area contributed by atoms with Crippen LogP contribution in [-0.2, 0) is 21.2 Å². The van der Waals surface area contributed by atoms with E-state index in [-0.39, 0.29) is 10.9 Å². The Labute approximate surface area is 75.3 Å². The standard InChI is InChI=1S/C5H4ClNO.Cr.H2O.2O/c6-4-2-1-3-7-5(4)8;;;;/h1-3H,(H,7,8);;1H2;;/q;+2;;;/p-2. The molecule has 0 atom stereocenters. The summed E-state index contributed by atoms with van der Waals surface area (Å²) < 4.78 is 32.9. The molecule has 0 fully saturated rings. The van der Waals surface area contributed by atoms with Crippen molar-refractivity contribution in [2.75, 3.05) is 0 Å². The molecule has 0 saturated heterocycles. The van der Waals surface area contributed by atoms with Crippen LogP contribution in [0.3, 0.4) is 0 Å². The average Bonchev–Trinajstić information content (AvgIpc) is 1.91. The molecule has 1 aromatic rings. The second kappa shape index (κ2) is 3.37. The van der Waals surface area contributed by atoms with E-state index in [0.29, 0.717) is 0 Å². The molecule has 1 heterocycles. The van der Waals surface area contributed by atoms with Gasteiger partial charge in [0, 0.05) is 0 Å². The summed E-state index contributed by atoms with van der Waals surface area (Å²) in [6, 6.07) is 2.90. The molecular weight excluding hydrogens is 226 g/mol. The molecule has 0 aliphatic heterocycles. The fourth-order valence-corrected chi connectivity index (χ4v) is 1.29. The third-order valence-electron chi connectivity index (χ3n) is 0.909. The normalized spacial score (nSPS) is 11.2. The van der Waals surface area contributed by atoms with Gasteiger partial charge in [-0.15, -0.1) is 0 Å². The van der Waals surface area contributed by atoms with Crippen LogP contribution in [0.15, 0.2) is 18.3 Å². The average molecular weight is 230 g/mol. The van der Waals surface area contributed by atoms with Crippen LogP contribution in [0, 0.1) is 0 Å². The maximum absolute atomic E-state index is 10.3. The Kier molecular flexibility index (Phi) is 2.65. The SMILES string of the molecule is [O]=[Cr](=[O])([OH])[O]c1ncccc1Cl. The van der Waals surface area contributed by atoms with Gasteiger partial charge in [0.2, 0.25) is 0 Å². The number of rotatable bonds is 2. The second-order valence-electron chi connectivity index (χ2n) is 1.80. The summed E-state index contributed by atoms with van der Waals surface area (Å²) >= 11 is 0.237. The zero-order valence-corrected chi connectivity index (χ0v) is 7.67. The summed E-state index contributed by atoms with van der Waals surface area (Å²) in [4.78, 5) is 3.49. The van der Waals surface area contributed by atoms with Gasteiger partial charge in [0.1, 0.15) is 0 Å². The zero-order valence-electron chi connectivity index (χ0n) is 5.64. The first kappa shape index (κ1) is 9.42. The fraction of sp³-hybridized carbons (Fsp3) is 0. The maximum atomic E-state index is 10.3. The molecule has 7 heteroatoms. The van der Waals surface area contributed by atoms with Crippen LogP contribution in [0.5, 0.6) is 5.88 Å². The second-order valence-corrected chi connectivity index (χ2v) is 3.80. The summed E-state index contributed by atoms with van der Waals surface area (Å²) in [5.41, 5.74) is 0. The molecule has 0 radical (unpaired) electrons. The Morgan fingerprint density at radius 3 is 2.75 bits per heavy atom. The van der Waals surface area contributed by atoms with Gasteiger partial charge in [-0.25, -0.2) is 0 Å². The van der Waals surface area contributed by atoms with E-state index in [1.807, 2.05) is 0 Å². The molecule has 0 unspecified atom stereocenters. The van der Waals surface area contributed by atoms with Crippen LogP contribution in [-0.4, -0.2) is 9.14 Å². The van der Waals surface area contributed by atoms with Gasteiger partial charge in [-0.3, -0.25) is 0 Å². The molecular formula is C5H4ClCrNO4. The van der Waals surface area contributed by atoms with Crippen molar-refractivity contribution in [1.29, 1.82) is 0 Å². The molecule has 1 aromatic heterocycles. The predicted molar refractivity (Wildman–Crippen MR) is 33.5 cm³/mol. The van der Waals surface area contributed by atoms with Gasteiger partial charge in [-0.2, -0.15) is 0 Å². The molecule has 66 valence electrons. The van der Waals surface area contributed by atoms with Crippen molar-refractivity contribution in [3.8, 4) is 5.88 Å². The minimum absolute atomic E-state index is 0.0276. The summed E-state index contributed by atoms with van der Waals surface area (Å²) in [5, 5.41) is 0.0276. The summed E-state index contributed by atoms with van der Waals surface area (Å²) in [5.74, 6) is -0.313. The number of nitrogens with zero attached hydrogens (tertiary/aromatic N) is 1. The minimum atomic E-state index is -5.24. The van der Waals surface area contributed by atoms with E-state index in [1.54, 1.807) is 0 Å². The summed E-state index contributed by atoms with van der Waals surface area (Å²) in [6.07, 6.45) is 1.30. The molecule has 0 spiro atoms. The van der Waals surface area contributed by atoms with Crippen LogP contribution in [0.25, 0.3) is 0 Å². The van der Waals surface area contributed by atoms with Crippen molar-refractivity contribution >= 4 is 11.6 Å². The quantitative estimate of drug-likeness (QED) is 0.811. The van der Waals surface area contributed by atoms with Crippen molar-refractivity contribution < 1.29 is 29.2 Å². The number of aromatic nitrogens is 1. The van der Waals surface area contributed by atoms with E-state index in [0.717, 1.165) is 0 Å². The summed E-state index contributed by atoms with van der Waals surface area (Å²) in [6.45, 7) is 0. The molecule has 5 nitrogen and oxygen atoms in total. The number of pyridine rings is 1. The zero-order chi connectivity index (χ0) is 9.19. The first-order valence-corrected chi connectivity index (χ1v) is 5.27. The molecule has 1 N–H and O–H groups in total. The molecule has 0 aliphatic rings. The van der Waals surface area contributed by atoms with Gasteiger partial charge < -0.3 is 0 Å². The van der Waals surface area contributed by atoms with Crippen molar-refractivity contribution in [3.63, 3.8) is 0 Å². The monoisotopic (exact) mass is 229 g/mol. The Hall–Kier alpha value is -0.668. The topological polar surface area (TPSA) is 76.5 Å². The van der Waals surface area contributed by atoms with Crippen molar-refractivity contribution in [2.45, 2.75) is 0 Å². The third-order valence-corrected chi connectivity index (χ3v) is 1.77. The van der Waals surface area contributed by atoms with E-state index in [2.05, 4.69) is 8.77 Å². The number of hydrogen-bond donors (Lipinski definition) is 1. The Bertz CT molecular complexity index is 377. The first-order valence-electron chi connectivity index (χ1n) is 2.76. The van der Waals surface area contributed by atoms with Gasteiger partial charge >= 0.3 is 75.0 Å². The van der Waals surface area contributed by atoms with Crippen LogP contribution in [0.1, 0.15) is 0 Å². The van der Waals surface area contributed by atoms with Crippen LogP contribution in [0.4, 0.5) is 0 Å². The van der Waals surface area contributed by atoms with E-state index in [4.69, 9.17) is 15.8 Å². The van der Waals surface area contributed by atoms with Gasteiger partial charge in [0.05, 0.1) is 0 Å².